The molecule has 1 rings (SSSR count). The Kier molecular flexibility index (Phi) is 2.76. The molecule has 4 heteroatoms. The van der Waals surface area contributed by atoms with Gasteiger partial charge in [-0.3, -0.25) is 9.36 Å². The number of Topliss-reactive ketones (excluding diaryl/α,β-unsaturated/α-hetero) is 1. The van der Waals surface area contributed by atoms with E-state index in [4.69, 9.17) is 4.74 Å². The van der Waals surface area contributed by atoms with Crippen LogP contribution < -0.4 is 0 Å². The van der Waals surface area contributed by atoms with Gasteiger partial charge in [-0.25, -0.2) is 4.98 Å². The number of rotatable bonds is 3. The number of imidazole rings is 1. The van der Waals surface area contributed by atoms with Crippen molar-refractivity contribution in [2.24, 2.45) is 0 Å². The van der Waals surface area contributed by atoms with Gasteiger partial charge in [-0.15, -0.1) is 0 Å². The smallest absolute Gasteiger partial charge is 0.177 e. The van der Waals surface area contributed by atoms with Gasteiger partial charge in [0.25, 0.3) is 0 Å². The lowest BCUT2D eigenvalue weighted by Crippen LogP contribution is -2.31. The highest BCUT2D eigenvalue weighted by atomic mass is 16.5. The highest BCUT2D eigenvalue weighted by Crippen LogP contribution is 2.21. The molecule has 0 spiro atoms. The summed E-state index contributed by atoms with van der Waals surface area (Å²) < 4.78 is 7.13. The summed E-state index contributed by atoms with van der Waals surface area (Å²) >= 11 is 0. The Morgan fingerprint density at radius 2 is 2.14 bits per heavy atom. The monoisotopic (exact) mass is 196 g/mol. The van der Waals surface area contributed by atoms with E-state index in [1.165, 1.54) is 6.92 Å². The van der Waals surface area contributed by atoms with Gasteiger partial charge in [-0.2, -0.15) is 0 Å². The standard InChI is InChI=1S/C10H16N2O2/c1-7(13)9-6-11-8(2)12(9)10(3,4)14-5/h6H,1-5H3. The first kappa shape index (κ1) is 10.9. The van der Waals surface area contributed by atoms with Gasteiger partial charge >= 0.3 is 0 Å². The van der Waals surface area contributed by atoms with Crippen LogP contribution >= 0.6 is 0 Å². The van der Waals surface area contributed by atoms with Gasteiger partial charge < -0.3 is 4.74 Å². The van der Waals surface area contributed by atoms with Gasteiger partial charge in [0.1, 0.15) is 17.2 Å². The summed E-state index contributed by atoms with van der Waals surface area (Å²) in [6.45, 7) is 7.17. The first-order chi connectivity index (χ1) is 6.40. The van der Waals surface area contributed by atoms with Crippen LogP contribution in [-0.2, 0) is 10.5 Å². The van der Waals surface area contributed by atoms with Crippen LogP contribution in [0.25, 0.3) is 0 Å². The molecule has 0 bridgehead atoms. The first-order valence-electron chi connectivity index (χ1n) is 4.51. The number of nitrogens with zero attached hydrogens (tertiary/aromatic N) is 2. The molecule has 0 saturated carbocycles. The van der Waals surface area contributed by atoms with E-state index in [1.807, 2.05) is 20.8 Å². The number of carbonyl (C=O) groups is 1. The Hall–Kier alpha value is -1.16. The molecule has 14 heavy (non-hydrogen) atoms. The molecule has 0 aliphatic carbocycles. The molecule has 0 atom stereocenters. The van der Waals surface area contributed by atoms with Crippen molar-refractivity contribution in [3.8, 4) is 0 Å². The molecule has 4 nitrogen and oxygen atoms in total. The Balaban J connectivity index is 3.31. The second-order valence-corrected chi connectivity index (χ2v) is 3.73. The summed E-state index contributed by atoms with van der Waals surface area (Å²) in [5.74, 6) is 0.776. The zero-order chi connectivity index (χ0) is 10.9. The number of aryl methyl sites for hydroxylation is 1. The molecule has 1 heterocycles. The zero-order valence-electron chi connectivity index (χ0n) is 9.29. The van der Waals surface area contributed by atoms with Crippen LogP contribution in [0.1, 0.15) is 37.1 Å². The molecule has 0 fully saturated rings. The van der Waals surface area contributed by atoms with Gasteiger partial charge in [0.15, 0.2) is 5.78 Å². The van der Waals surface area contributed by atoms with E-state index in [0.717, 1.165) is 5.82 Å². The van der Waals surface area contributed by atoms with Crippen LogP contribution in [-0.4, -0.2) is 22.4 Å². The molecular formula is C10H16N2O2. The fourth-order valence-corrected chi connectivity index (χ4v) is 1.46. The van der Waals surface area contributed by atoms with Crippen LogP contribution in [0.3, 0.4) is 0 Å². The van der Waals surface area contributed by atoms with Crippen LogP contribution in [0.15, 0.2) is 6.20 Å². The second-order valence-electron chi connectivity index (χ2n) is 3.73. The molecule has 0 aliphatic rings. The van der Waals surface area contributed by atoms with E-state index in [1.54, 1.807) is 17.9 Å². The minimum atomic E-state index is -0.540. The molecule has 0 N–H and O–H groups in total. The minimum Gasteiger partial charge on any atom is -0.359 e. The van der Waals surface area contributed by atoms with Crippen LogP contribution in [0, 0.1) is 6.92 Å². The van der Waals surface area contributed by atoms with Crippen molar-refractivity contribution in [1.29, 1.82) is 0 Å². The molecule has 0 amide bonds. The maximum atomic E-state index is 11.3. The quantitative estimate of drug-likeness (QED) is 0.691. The van der Waals surface area contributed by atoms with Crippen LogP contribution in [0.4, 0.5) is 0 Å². The van der Waals surface area contributed by atoms with Crippen molar-refractivity contribution in [3.05, 3.63) is 17.7 Å². The summed E-state index contributed by atoms with van der Waals surface area (Å²) in [6.07, 6.45) is 1.58. The fourth-order valence-electron chi connectivity index (χ4n) is 1.46. The molecular weight excluding hydrogens is 180 g/mol. The summed E-state index contributed by atoms with van der Waals surface area (Å²) in [4.78, 5) is 15.4. The van der Waals surface area contributed by atoms with Crippen molar-refractivity contribution in [2.45, 2.75) is 33.4 Å². The molecule has 0 unspecified atom stereocenters. The lowest BCUT2D eigenvalue weighted by atomic mass is 10.2. The number of hydrogen-bond donors (Lipinski definition) is 0. The molecule has 0 aliphatic heterocycles. The van der Waals surface area contributed by atoms with Gasteiger partial charge in [0.05, 0.1) is 6.20 Å². The van der Waals surface area contributed by atoms with E-state index in [0.29, 0.717) is 5.69 Å². The SMILES string of the molecule is COC(C)(C)n1c(C(C)=O)cnc1C. The fraction of sp³-hybridized carbons (Fsp3) is 0.600. The third-order valence-electron chi connectivity index (χ3n) is 2.34. The maximum Gasteiger partial charge on any atom is 0.177 e. The highest BCUT2D eigenvalue weighted by molar-refractivity contribution is 5.92. The van der Waals surface area contributed by atoms with E-state index in [9.17, 15) is 4.79 Å². The highest BCUT2D eigenvalue weighted by Gasteiger charge is 2.25. The van der Waals surface area contributed by atoms with Crippen molar-refractivity contribution in [3.63, 3.8) is 0 Å². The van der Waals surface area contributed by atoms with E-state index >= 15 is 0 Å². The summed E-state index contributed by atoms with van der Waals surface area (Å²) in [5, 5.41) is 0. The van der Waals surface area contributed by atoms with E-state index < -0.39 is 5.72 Å². The van der Waals surface area contributed by atoms with Gasteiger partial charge in [0.2, 0.25) is 0 Å². The van der Waals surface area contributed by atoms with E-state index in [2.05, 4.69) is 4.98 Å². The lowest BCUT2D eigenvalue weighted by Gasteiger charge is -2.27. The third kappa shape index (κ3) is 1.70. The molecule has 78 valence electrons. The topological polar surface area (TPSA) is 44.1 Å². The number of hydrogen-bond acceptors (Lipinski definition) is 3. The van der Waals surface area contributed by atoms with Crippen LogP contribution in [0.2, 0.25) is 0 Å². The third-order valence-corrected chi connectivity index (χ3v) is 2.34. The maximum absolute atomic E-state index is 11.3. The van der Waals surface area contributed by atoms with Gasteiger partial charge in [0, 0.05) is 14.0 Å². The lowest BCUT2D eigenvalue weighted by molar-refractivity contribution is -0.0477. The summed E-state index contributed by atoms with van der Waals surface area (Å²) in [6, 6.07) is 0. The average Bonchev–Trinajstić information content (AvgIpc) is 2.47. The largest absolute Gasteiger partial charge is 0.359 e. The van der Waals surface area contributed by atoms with Crippen molar-refractivity contribution in [2.75, 3.05) is 7.11 Å². The molecule has 1 aromatic rings. The normalized spacial score (nSPS) is 11.8. The Morgan fingerprint density at radius 3 is 2.57 bits per heavy atom. The van der Waals surface area contributed by atoms with Gasteiger partial charge in [-0.1, -0.05) is 0 Å². The minimum absolute atomic E-state index is 0.00396. The first-order valence-corrected chi connectivity index (χ1v) is 4.51. The second kappa shape index (κ2) is 3.53. The van der Waals surface area contributed by atoms with Crippen molar-refractivity contribution in [1.82, 2.24) is 9.55 Å². The summed E-state index contributed by atoms with van der Waals surface area (Å²) in [7, 11) is 1.61. The number of aromatic nitrogens is 2. The number of ketones is 1. The average molecular weight is 196 g/mol. The zero-order valence-corrected chi connectivity index (χ0v) is 9.29. The van der Waals surface area contributed by atoms with Crippen molar-refractivity contribution < 1.29 is 9.53 Å². The molecule has 0 radical (unpaired) electrons. The van der Waals surface area contributed by atoms with Gasteiger partial charge in [-0.05, 0) is 20.8 Å². The summed E-state index contributed by atoms with van der Waals surface area (Å²) in [5.41, 5.74) is 0.0380. The number of carbonyl (C=O) groups excluding carboxylic acids is 1. The van der Waals surface area contributed by atoms with E-state index in [-0.39, 0.29) is 5.78 Å². The predicted octanol–water partition coefficient (Wildman–Crippen LogP) is 1.73. The Bertz CT molecular complexity index is 353. The van der Waals surface area contributed by atoms with Crippen molar-refractivity contribution >= 4 is 5.78 Å². The predicted molar refractivity (Wildman–Crippen MR) is 53.3 cm³/mol. The molecule has 0 saturated heterocycles. The number of ether oxygens (including phenoxy) is 1. The number of methoxy groups -OCH3 is 1. The Morgan fingerprint density at radius 1 is 1.57 bits per heavy atom. The van der Waals surface area contributed by atoms with Crippen LogP contribution in [0.5, 0.6) is 0 Å². The molecule has 1 aromatic heterocycles. The Labute approximate surface area is 83.9 Å². The molecule has 0 aromatic carbocycles.